The second kappa shape index (κ2) is 8.98. The number of aryl methyl sites for hydroxylation is 2. The van der Waals surface area contributed by atoms with Gasteiger partial charge in [-0.15, -0.1) is 0 Å². The zero-order chi connectivity index (χ0) is 23.7. The van der Waals surface area contributed by atoms with Crippen LogP contribution < -0.4 is 15.1 Å². The van der Waals surface area contributed by atoms with Crippen molar-refractivity contribution in [2.45, 2.75) is 26.3 Å². The normalized spacial score (nSPS) is 17.1. The van der Waals surface area contributed by atoms with Crippen LogP contribution in [0.2, 0.25) is 0 Å². The van der Waals surface area contributed by atoms with E-state index in [-0.39, 0.29) is 5.57 Å². The van der Waals surface area contributed by atoms with E-state index in [2.05, 4.69) is 28.4 Å². The molecule has 1 fully saturated rings. The van der Waals surface area contributed by atoms with Gasteiger partial charge in [0.1, 0.15) is 5.57 Å². The topological polar surface area (TPSA) is 69.7 Å². The molecule has 4 amide bonds. The third-order valence-electron chi connectivity index (χ3n) is 6.30. The minimum Gasteiger partial charge on any atom is -0.367 e. The molecular formula is C28H25N3O3. The molecule has 34 heavy (non-hydrogen) atoms. The van der Waals surface area contributed by atoms with Crippen molar-refractivity contribution in [2.75, 3.05) is 16.3 Å². The number of nitrogens with zero attached hydrogens (tertiary/aromatic N) is 2. The minimum atomic E-state index is -0.733. The number of amides is 4. The molecule has 0 spiro atoms. The molecular weight excluding hydrogens is 426 g/mol. The van der Waals surface area contributed by atoms with E-state index >= 15 is 0 Å². The van der Waals surface area contributed by atoms with Crippen LogP contribution in [0.5, 0.6) is 0 Å². The third-order valence-corrected chi connectivity index (χ3v) is 6.30. The van der Waals surface area contributed by atoms with Gasteiger partial charge in [-0.2, -0.15) is 0 Å². The fourth-order valence-corrected chi connectivity index (χ4v) is 4.61. The van der Waals surface area contributed by atoms with Gasteiger partial charge in [-0.05, 0) is 66.3 Å². The molecule has 1 saturated heterocycles. The van der Waals surface area contributed by atoms with Gasteiger partial charge >= 0.3 is 6.03 Å². The first kappa shape index (κ1) is 21.6. The van der Waals surface area contributed by atoms with Crippen LogP contribution in [0.4, 0.5) is 16.2 Å². The summed E-state index contributed by atoms with van der Waals surface area (Å²) in [5.74, 6) is -1.30. The zero-order valence-corrected chi connectivity index (χ0v) is 19.0. The number of barbiturate groups is 1. The summed E-state index contributed by atoms with van der Waals surface area (Å²) in [5, 5.41) is 2.30. The average Bonchev–Trinajstić information content (AvgIpc) is 2.83. The SMILES string of the molecule is Cc1ccccc1N1C(=O)NC(=O)C(=Cc2ccc3c(c2)CCCN3Cc2ccccc2)C1=O. The van der Waals surface area contributed by atoms with Crippen molar-refractivity contribution in [3.05, 3.63) is 101 Å². The third kappa shape index (κ3) is 4.10. The molecule has 0 bridgehead atoms. The monoisotopic (exact) mass is 451 g/mol. The largest absolute Gasteiger partial charge is 0.367 e. The summed E-state index contributed by atoms with van der Waals surface area (Å²) in [7, 11) is 0. The molecule has 2 aliphatic rings. The summed E-state index contributed by atoms with van der Waals surface area (Å²) in [4.78, 5) is 41.7. The highest BCUT2D eigenvalue weighted by atomic mass is 16.2. The number of fused-ring (bicyclic) bond motifs is 1. The van der Waals surface area contributed by atoms with Crippen molar-refractivity contribution in [1.82, 2.24) is 5.32 Å². The fourth-order valence-electron chi connectivity index (χ4n) is 4.61. The summed E-state index contributed by atoms with van der Waals surface area (Å²) < 4.78 is 0. The van der Waals surface area contributed by atoms with Gasteiger partial charge in [0, 0.05) is 18.8 Å². The molecule has 5 rings (SSSR count). The summed E-state index contributed by atoms with van der Waals surface area (Å²) in [6.45, 7) is 3.64. The lowest BCUT2D eigenvalue weighted by Gasteiger charge is -2.32. The lowest BCUT2D eigenvalue weighted by molar-refractivity contribution is -0.122. The minimum absolute atomic E-state index is 0.0558. The first-order valence-corrected chi connectivity index (χ1v) is 11.4. The Labute approximate surface area is 198 Å². The lowest BCUT2D eigenvalue weighted by Crippen LogP contribution is -2.54. The van der Waals surface area contributed by atoms with E-state index in [1.807, 2.05) is 49.4 Å². The quantitative estimate of drug-likeness (QED) is 0.464. The molecule has 0 unspecified atom stereocenters. The molecule has 3 aromatic rings. The van der Waals surface area contributed by atoms with E-state index in [0.29, 0.717) is 5.69 Å². The number of nitrogens with one attached hydrogen (secondary N) is 1. The number of benzene rings is 3. The number of imide groups is 2. The van der Waals surface area contributed by atoms with Crippen LogP contribution in [0.3, 0.4) is 0 Å². The van der Waals surface area contributed by atoms with E-state index in [1.54, 1.807) is 18.2 Å². The Morgan fingerprint density at radius 1 is 0.912 bits per heavy atom. The van der Waals surface area contributed by atoms with Crippen molar-refractivity contribution in [3.8, 4) is 0 Å². The number of rotatable bonds is 4. The highest BCUT2D eigenvalue weighted by Crippen LogP contribution is 2.31. The highest BCUT2D eigenvalue weighted by Gasteiger charge is 2.37. The molecule has 0 saturated carbocycles. The number of carbonyl (C=O) groups is 3. The van der Waals surface area contributed by atoms with Crippen molar-refractivity contribution in [1.29, 1.82) is 0 Å². The first-order valence-electron chi connectivity index (χ1n) is 11.4. The van der Waals surface area contributed by atoms with Crippen LogP contribution in [-0.2, 0) is 22.6 Å². The Balaban J connectivity index is 1.45. The van der Waals surface area contributed by atoms with Crippen molar-refractivity contribution in [3.63, 3.8) is 0 Å². The average molecular weight is 452 g/mol. The summed E-state index contributed by atoms with van der Waals surface area (Å²) in [6, 6.07) is 22.8. The molecule has 0 atom stereocenters. The van der Waals surface area contributed by atoms with Gasteiger partial charge in [-0.1, -0.05) is 54.6 Å². The highest BCUT2D eigenvalue weighted by molar-refractivity contribution is 6.39. The maximum atomic E-state index is 13.2. The van der Waals surface area contributed by atoms with E-state index in [1.165, 1.54) is 16.8 Å². The van der Waals surface area contributed by atoms with Crippen LogP contribution in [0.1, 0.15) is 28.7 Å². The van der Waals surface area contributed by atoms with Crippen LogP contribution >= 0.6 is 0 Å². The maximum Gasteiger partial charge on any atom is 0.335 e. The van der Waals surface area contributed by atoms with Crippen molar-refractivity contribution < 1.29 is 14.4 Å². The smallest absolute Gasteiger partial charge is 0.335 e. The number of hydrogen-bond donors (Lipinski definition) is 1. The summed E-state index contributed by atoms with van der Waals surface area (Å²) >= 11 is 0. The molecule has 0 radical (unpaired) electrons. The van der Waals surface area contributed by atoms with Gasteiger partial charge in [-0.25, -0.2) is 9.69 Å². The molecule has 6 heteroatoms. The Hall–Kier alpha value is -4.19. The van der Waals surface area contributed by atoms with E-state index < -0.39 is 17.8 Å². The van der Waals surface area contributed by atoms with Gasteiger partial charge in [-0.3, -0.25) is 14.9 Å². The Bertz CT molecular complexity index is 1310. The van der Waals surface area contributed by atoms with Crippen LogP contribution in [0, 0.1) is 6.92 Å². The maximum absolute atomic E-state index is 13.2. The van der Waals surface area contributed by atoms with Gasteiger partial charge in [0.05, 0.1) is 5.69 Å². The Kier molecular flexibility index (Phi) is 5.72. The molecule has 2 aliphatic heterocycles. The molecule has 6 nitrogen and oxygen atoms in total. The van der Waals surface area contributed by atoms with Gasteiger partial charge in [0.2, 0.25) is 0 Å². The molecule has 2 heterocycles. The number of hydrogen-bond acceptors (Lipinski definition) is 4. The molecule has 170 valence electrons. The number of urea groups is 1. The van der Waals surface area contributed by atoms with Gasteiger partial charge < -0.3 is 4.90 Å². The fraction of sp³-hybridized carbons (Fsp3) is 0.179. The number of anilines is 2. The second-order valence-electron chi connectivity index (χ2n) is 8.64. The molecule has 1 N–H and O–H groups in total. The van der Waals surface area contributed by atoms with Crippen molar-refractivity contribution >= 4 is 35.3 Å². The van der Waals surface area contributed by atoms with Crippen molar-refractivity contribution in [2.24, 2.45) is 0 Å². The summed E-state index contributed by atoms with van der Waals surface area (Å²) in [5.41, 5.74) is 5.56. The first-order chi connectivity index (χ1) is 16.5. The van der Waals surface area contributed by atoms with Crippen LogP contribution in [-0.4, -0.2) is 24.4 Å². The predicted molar refractivity (Wildman–Crippen MR) is 132 cm³/mol. The standard InChI is InChI=1S/C28H25N3O3/c1-19-8-5-6-12-24(19)31-27(33)23(26(32)29-28(31)34)17-21-13-14-25-22(16-21)11-7-15-30(25)18-20-9-3-2-4-10-20/h2-6,8-10,12-14,16-17H,7,11,15,18H2,1H3,(H,29,32,34). The second-order valence-corrected chi connectivity index (χ2v) is 8.64. The summed E-state index contributed by atoms with van der Waals surface area (Å²) in [6.07, 6.45) is 3.55. The van der Waals surface area contributed by atoms with E-state index in [4.69, 9.17) is 0 Å². The molecule has 3 aromatic carbocycles. The lowest BCUT2D eigenvalue weighted by atomic mass is 9.97. The van der Waals surface area contributed by atoms with Crippen LogP contribution in [0.15, 0.2) is 78.4 Å². The predicted octanol–water partition coefficient (Wildman–Crippen LogP) is 4.61. The van der Waals surface area contributed by atoms with Crippen LogP contribution in [0.25, 0.3) is 6.08 Å². The Morgan fingerprint density at radius 2 is 1.68 bits per heavy atom. The van der Waals surface area contributed by atoms with Gasteiger partial charge in [0.15, 0.2) is 0 Å². The molecule has 0 aliphatic carbocycles. The van der Waals surface area contributed by atoms with E-state index in [0.717, 1.165) is 42.0 Å². The number of carbonyl (C=O) groups excluding carboxylic acids is 3. The van der Waals surface area contributed by atoms with Gasteiger partial charge in [0.25, 0.3) is 11.8 Å². The number of para-hydroxylation sites is 1. The van der Waals surface area contributed by atoms with E-state index in [9.17, 15) is 14.4 Å². The zero-order valence-electron chi connectivity index (χ0n) is 19.0. The molecule has 0 aromatic heterocycles. The Morgan fingerprint density at radius 3 is 2.47 bits per heavy atom.